The van der Waals surface area contributed by atoms with Crippen LogP contribution in [0.3, 0.4) is 0 Å². The Labute approximate surface area is 127 Å². The van der Waals surface area contributed by atoms with E-state index in [0.29, 0.717) is 10.6 Å². The minimum absolute atomic E-state index is 0.0441. The third-order valence-corrected chi connectivity index (χ3v) is 4.70. The minimum Gasteiger partial charge on any atom is -0.348 e. The highest BCUT2D eigenvalue weighted by Crippen LogP contribution is 2.23. The van der Waals surface area contributed by atoms with Crippen molar-refractivity contribution in [2.45, 2.75) is 25.8 Å². The zero-order chi connectivity index (χ0) is 13.8. The number of likely N-dealkylation sites (tertiary alicyclic amines) is 1. The van der Waals surface area contributed by atoms with Crippen LogP contribution in [-0.2, 0) is 0 Å². The molecular weight excluding hydrogens is 328 g/mol. The number of rotatable bonds is 3. The molecule has 104 valence electrons. The average Bonchev–Trinajstić information content (AvgIpc) is 2.42. The summed E-state index contributed by atoms with van der Waals surface area (Å²) in [5.41, 5.74) is 0.613. The van der Waals surface area contributed by atoms with Crippen molar-refractivity contribution in [3.05, 3.63) is 33.3 Å². The quantitative estimate of drug-likeness (QED) is 0.911. The maximum Gasteiger partial charge on any atom is 0.251 e. The Morgan fingerprint density at radius 1 is 1.58 bits per heavy atom. The van der Waals surface area contributed by atoms with Crippen LogP contribution in [0.1, 0.15) is 30.1 Å². The number of amides is 1. The van der Waals surface area contributed by atoms with Crippen LogP contribution >= 0.6 is 27.5 Å². The van der Waals surface area contributed by atoms with E-state index in [1.54, 1.807) is 18.2 Å². The fraction of sp³-hybridized carbons (Fsp3) is 0.500. The molecule has 1 aliphatic rings. The van der Waals surface area contributed by atoms with Gasteiger partial charge in [0.15, 0.2) is 0 Å². The van der Waals surface area contributed by atoms with Crippen LogP contribution < -0.4 is 5.32 Å². The Morgan fingerprint density at radius 3 is 3.05 bits per heavy atom. The van der Waals surface area contributed by atoms with Gasteiger partial charge in [0.1, 0.15) is 0 Å². The van der Waals surface area contributed by atoms with Crippen molar-refractivity contribution in [3.8, 4) is 0 Å². The van der Waals surface area contributed by atoms with Crippen LogP contribution in [0, 0.1) is 0 Å². The van der Waals surface area contributed by atoms with E-state index in [1.165, 1.54) is 0 Å². The van der Waals surface area contributed by atoms with Gasteiger partial charge in [-0.25, -0.2) is 0 Å². The Balaban J connectivity index is 1.98. The fourth-order valence-corrected chi connectivity index (χ4v) is 2.79. The number of carbonyl (C=O) groups excluding carboxylic acids is 1. The number of carbonyl (C=O) groups is 1. The summed E-state index contributed by atoms with van der Waals surface area (Å²) in [4.78, 5) is 14.5. The third-order valence-electron chi connectivity index (χ3n) is 3.47. The summed E-state index contributed by atoms with van der Waals surface area (Å²) in [7, 11) is 0. The highest BCUT2D eigenvalue weighted by atomic mass is 79.9. The largest absolute Gasteiger partial charge is 0.348 e. The first kappa shape index (κ1) is 14.8. The first-order valence-electron chi connectivity index (χ1n) is 6.58. The van der Waals surface area contributed by atoms with Gasteiger partial charge in [-0.1, -0.05) is 18.5 Å². The molecule has 0 aliphatic carbocycles. The molecule has 1 amide bonds. The van der Waals surface area contributed by atoms with Gasteiger partial charge in [0.25, 0.3) is 5.91 Å². The van der Waals surface area contributed by atoms with Crippen LogP contribution in [-0.4, -0.2) is 36.5 Å². The summed E-state index contributed by atoms with van der Waals surface area (Å²) >= 11 is 9.34. The topological polar surface area (TPSA) is 32.3 Å². The van der Waals surface area contributed by atoms with E-state index < -0.39 is 0 Å². The number of nitrogens with one attached hydrogen (secondary N) is 1. The van der Waals surface area contributed by atoms with Crippen molar-refractivity contribution in [1.82, 2.24) is 10.2 Å². The Kier molecular flexibility index (Phi) is 5.25. The number of nitrogens with zero attached hydrogens (tertiary/aromatic N) is 1. The second-order valence-electron chi connectivity index (χ2n) is 4.83. The summed E-state index contributed by atoms with van der Waals surface area (Å²) < 4.78 is 0.806. The SMILES string of the molecule is CCN1CCCC(NC(=O)c2ccc(Br)c(Cl)c2)C1. The molecule has 1 fully saturated rings. The molecule has 1 unspecified atom stereocenters. The van der Waals surface area contributed by atoms with Gasteiger partial charge in [0.05, 0.1) is 5.02 Å². The first-order chi connectivity index (χ1) is 9.10. The standard InChI is InChI=1S/C14H18BrClN2O/c1-2-18-7-3-4-11(9-18)17-14(19)10-5-6-12(15)13(16)8-10/h5-6,8,11H,2-4,7,9H2,1H3,(H,17,19). The number of hydrogen-bond acceptors (Lipinski definition) is 2. The zero-order valence-corrected chi connectivity index (χ0v) is 13.3. The van der Waals surface area contributed by atoms with E-state index in [9.17, 15) is 4.79 Å². The molecule has 0 radical (unpaired) electrons. The Morgan fingerprint density at radius 2 is 2.37 bits per heavy atom. The van der Waals surface area contributed by atoms with Gasteiger partial charge in [0.2, 0.25) is 0 Å². The van der Waals surface area contributed by atoms with Gasteiger partial charge in [-0.3, -0.25) is 4.79 Å². The molecule has 0 saturated carbocycles. The van der Waals surface area contributed by atoms with Gasteiger partial charge < -0.3 is 10.2 Å². The summed E-state index contributed by atoms with van der Waals surface area (Å²) in [6.45, 7) is 5.26. The van der Waals surface area contributed by atoms with Crippen LogP contribution in [0.25, 0.3) is 0 Å². The molecule has 3 nitrogen and oxygen atoms in total. The molecule has 0 spiro atoms. The van der Waals surface area contributed by atoms with Crippen molar-refractivity contribution in [2.24, 2.45) is 0 Å². The number of likely N-dealkylation sites (N-methyl/N-ethyl adjacent to an activating group) is 1. The molecule has 1 heterocycles. The molecule has 5 heteroatoms. The van der Waals surface area contributed by atoms with E-state index >= 15 is 0 Å². The first-order valence-corrected chi connectivity index (χ1v) is 7.75. The summed E-state index contributed by atoms with van der Waals surface area (Å²) in [6.07, 6.45) is 2.19. The lowest BCUT2D eigenvalue weighted by Crippen LogP contribution is -2.47. The summed E-state index contributed by atoms with van der Waals surface area (Å²) in [5, 5.41) is 3.65. The lowest BCUT2D eigenvalue weighted by molar-refractivity contribution is 0.0906. The van der Waals surface area contributed by atoms with Crippen molar-refractivity contribution >= 4 is 33.4 Å². The molecule has 2 rings (SSSR count). The molecule has 1 aliphatic heterocycles. The molecule has 1 N–H and O–H groups in total. The average molecular weight is 346 g/mol. The molecular formula is C14H18BrClN2O. The van der Waals surface area contributed by atoms with E-state index in [1.807, 2.05) is 0 Å². The van der Waals surface area contributed by atoms with E-state index in [4.69, 9.17) is 11.6 Å². The van der Waals surface area contributed by atoms with Gasteiger partial charge in [-0.15, -0.1) is 0 Å². The summed E-state index contributed by atoms with van der Waals surface area (Å²) in [6, 6.07) is 5.52. The van der Waals surface area contributed by atoms with Gasteiger partial charge in [-0.2, -0.15) is 0 Å². The lowest BCUT2D eigenvalue weighted by atomic mass is 10.1. The lowest BCUT2D eigenvalue weighted by Gasteiger charge is -2.32. The number of hydrogen-bond donors (Lipinski definition) is 1. The van der Waals surface area contributed by atoms with Crippen molar-refractivity contribution in [2.75, 3.05) is 19.6 Å². The Hall–Kier alpha value is -0.580. The van der Waals surface area contributed by atoms with Gasteiger partial charge in [0, 0.05) is 22.6 Å². The fourth-order valence-electron chi connectivity index (χ4n) is 2.37. The highest BCUT2D eigenvalue weighted by Gasteiger charge is 2.20. The van der Waals surface area contributed by atoms with E-state index in [2.05, 4.69) is 33.1 Å². The molecule has 1 aromatic carbocycles. The second kappa shape index (κ2) is 6.73. The van der Waals surface area contributed by atoms with Crippen LogP contribution in [0.2, 0.25) is 5.02 Å². The predicted molar refractivity (Wildman–Crippen MR) is 81.8 cm³/mol. The van der Waals surface area contributed by atoms with Crippen molar-refractivity contribution < 1.29 is 4.79 Å². The molecule has 19 heavy (non-hydrogen) atoms. The maximum absolute atomic E-state index is 12.2. The monoisotopic (exact) mass is 344 g/mol. The highest BCUT2D eigenvalue weighted by molar-refractivity contribution is 9.10. The number of piperidine rings is 1. The maximum atomic E-state index is 12.2. The number of benzene rings is 1. The smallest absolute Gasteiger partial charge is 0.251 e. The minimum atomic E-state index is -0.0441. The molecule has 0 bridgehead atoms. The zero-order valence-electron chi connectivity index (χ0n) is 11.0. The predicted octanol–water partition coefficient (Wildman–Crippen LogP) is 3.32. The van der Waals surface area contributed by atoms with E-state index in [-0.39, 0.29) is 11.9 Å². The van der Waals surface area contributed by atoms with Crippen molar-refractivity contribution in [3.63, 3.8) is 0 Å². The Bertz CT molecular complexity index is 467. The second-order valence-corrected chi connectivity index (χ2v) is 6.10. The normalized spacial score (nSPS) is 20.3. The van der Waals surface area contributed by atoms with E-state index in [0.717, 1.165) is 36.9 Å². The molecule has 0 aromatic heterocycles. The van der Waals surface area contributed by atoms with Gasteiger partial charge >= 0.3 is 0 Å². The van der Waals surface area contributed by atoms with Crippen LogP contribution in [0.4, 0.5) is 0 Å². The third kappa shape index (κ3) is 3.94. The molecule has 1 aromatic rings. The van der Waals surface area contributed by atoms with Crippen molar-refractivity contribution in [1.29, 1.82) is 0 Å². The van der Waals surface area contributed by atoms with Crippen LogP contribution in [0.15, 0.2) is 22.7 Å². The van der Waals surface area contributed by atoms with Crippen LogP contribution in [0.5, 0.6) is 0 Å². The molecule has 1 atom stereocenters. The molecule has 1 saturated heterocycles. The van der Waals surface area contributed by atoms with Gasteiger partial charge in [-0.05, 0) is 60.1 Å². The summed E-state index contributed by atoms with van der Waals surface area (Å²) in [5.74, 6) is -0.0441. The number of halogens is 2.